The highest BCUT2D eigenvalue weighted by Gasteiger charge is 2.44. The number of carbonyl (C=O) groups is 1. The van der Waals surface area contributed by atoms with Gasteiger partial charge < -0.3 is 43.4 Å². The highest BCUT2D eigenvalue weighted by atomic mass is 32.2. The van der Waals surface area contributed by atoms with Crippen molar-refractivity contribution < 1.29 is 51.3 Å². The van der Waals surface area contributed by atoms with Gasteiger partial charge in [-0.3, -0.25) is 0 Å². The SMILES string of the molecule is CC(C)CN(CC(O)C(Cc1ccc(OCc2noc(C(C)(C)C)n2)cc1)NC(=O)OC1COC2OCCC12)S(=O)(=O)c1ccc2c(c1)OCO2. The number of aliphatic hydroxyl groups is 1. The summed E-state index contributed by atoms with van der Waals surface area (Å²) < 4.78 is 68.0. The zero-order chi connectivity index (χ0) is 36.3. The molecule has 2 aromatic carbocycles. The molecule has 51 heavy (non-hydrogen) atoms. The van der Waals surface area contributed by atoms with Crippen LogP contribution in [0.15, 0.2) is 51.9 Å². The van der Waals surface area contributed by atoms with Crippen LogP contribution in [0.25, 0.3) is 0 Å². The molecule has 1 aromatic heterocycles. The van der Waals surface area contributed by atoms with Crippen molar-refractivity contribution >= 4 is 16.1 Å². The predicted molar refractivity (Wildman–Crippen MR) is 181 cm³/mol. The van der Waals surface area contributed by atoms with E-state index >= 15 is 0 Å². The third-order valence-corrected chi connectivity index (χ3v) is 10.6. The van der Waals surface area contributed by atoms with Gasteiger partial charge in [-0.25, -0.2) is 13.2 Å². The Morgan fingerprint density at radius 3 is 2.57 bits per heavy atom. The van der Waals surface area contributed by atoms with Gasteiger partial charge in [0.2, 0.25) is 28.5 Å². The number of carbonyl (C=O) groups excluding carboxylic acids is 1. The number of alkyl carbamates (subject to hydrolysis) is 1. The first-order chi connectivity index (χ1) is 24.3. The van der Waals surface area contributed by atoms with Crippen molar-refractivity contribution in [1.82, 2.24) is 19.8 Å². The van der Waals surface area contributed by atoms with Gasteiger partial charge in [0.1, 0.15) is 11.9 Å². The van der Waals surface area contributed by atoms with Gasteiger partial charge >= 0.3 is 6.09 Å². The molecular formula is C35H46N4O11S. The first-order valence-electron chi connectivity index (χ1n) is 17.1. The lowest BCUT2D eigenvalue weighted by Gasteiger charge is -2.31. The van der Waals surface area contributed by atoms with Crippen LogP contribution in [-0.2, 0) is 42.7 Å². The van der Waals surface area contributed by atoms with Crippen LogP contribution in [0.4, 0.5) is 4.79 Å². The van der Waals surface area contributed by atoms with Gasteiger partial charge in [0, 0.05) is 24.6 Å². The zero-order valence-electron chi connectivity index (χ0n) is 29.4. The molecule has 0 spiro atoms. The number of aromatic nitrogens is 2. The Kier molecular flexibility index (Phi) is 11.1. The van der Waals surface area contributed by atoms with Gasteiger partial charge in [-0.15, -0.1) is 0 Å². The number of aliphatic hydroxyl groups excluding tert-OH is 1. The van der Waals surface area contributed by atoms with E-state index in [1.807, 2.05) is 34.6 Å². The summed E-state index contributed by atoms with van der Waals surface area (Å²) in [5.74, 6) is 2.12. The Morgan fingerprint density at radius 2 is 1.84 bits per heavy atom. The summed E-state index contributed by atoms with van der Waals surface area (Å²) in [5, 5.41) is 18.5. The van der Waals surface area contributed by atoms with E-state index in [-0.39, 0.29) is 61.7 Å². The number of benzene rings is 2. The molecule has 2 saturated heterocycles. The summed E-state index contributed by atoms with van der Waals surface area (Å²) in [6.45, 7) is 10.4. The van der Waals surface area contributed by atoms with Crippen molar-refractivity contribution in [3.8, 4) is 17.2 Å². The Morgan fingerprint density at radius 1 is 1.08 bits per heavy atom. The predicted octanol–water partition coefficient (Wildman–Crippen LogP) is 3.78. The Labute approximate surface area is 297 Å². The van der Waals surface area contributed by atoms with E-state index in [1.165, 1.54) is 16.4 Å². The normalized spacial score (nSPS) is 21.1. The fraction of sp³-hybridized carbons (Fsp3) is 0.571. The maximum atomic E-state index is 13.9. The molecule has 5 atom stereocenters. The molecule has 2 N–H and O–H groups in total. The van der Waals surface area contributed by atoms with Crippen LogP contribution in [0.5, 0.6) is 17.2 Å². The van der Waals surface area contributed by atoms with E-state index < -0.39 is 40.7 Å². The molecule has 3 aliphatic rings. The van der Waals surface area contributed by atoms with Crippen LogP contribution in [0.3, 0.4) is 0 Å². The van der Waals surface area contributed by atoms with Crippen molar-refractivity contribution in [3.05, 3.63) is 59.7 Å². The first-order valence-corrected chi connectivity index (χ1v) is 18.5. The lowest BCUT2D eigenvalue weighted by molar-refractivity contribution is -0.0907. The molecule has 5 unspecified atom stereocenters. The van der Waals surface area contributed by atoms with Crippen LogP contribution in [0.1, 0.15) is 58.3 Å². The molecule has 0 radical (unpaired) electrons. The Balaban J connectivity index is 1.17. The summed E-state index contributed by atoms with van der Waals surface area (Å²) in [7, 11) is -4.09. The molecule has 4 heterocycles. The standard InChI is InChI=1S/C35H46N4O11S/c1-21(2)16-39(51(42,43)24-10-11-28-29(15-24)48-20-47-28)17-27(40)26(36-34(41)49-30-18-46-32-25(30)12-13-44-32)14-22-6-8-23(9-7-22)45-19-31-37-33(50-38-31)35(3,4)5/h6-11,15,21,25-27,30,32,40H,12-14,16-20H2,1-5H3,(H,36,41). The van der Waals surface area contributed by atoms with Gasteiger partial charge in [0.25, 0.3) is 0 Å². The number of rotatable bonds is 14. The lowest BCUT2D eigenvalue weighted by Crippen LogP contribution is -2.51. The molecule has 1 amide bonds. The minimum absolute atomic E-state index is 0.00229. The molecule has 278 valence electrons. The van der Waals surface area contributed by atoms with Gasteiger partial charge in [0.15, 0.2) is 24.4 Å². The van der Waals surface area contributed by atoms with Crippen LogP contribution in [0.2, 0.25) is 0 Å². The molecule has 6 rings (SSSR count). The van der Waals surface area contributed by atoms with Crippen LogP contribution in [-0.4, -0.2) is 91.7 Å². The molecule has 2 fully saturated rings. The van der Waals surface area contributed by atoms with Crippen molar-refractivity contribution in [2.24, 2.45) is 11.8 Å². The van der Waals surface area contributed by atoms with Crippen molar-refractivity contribution in [1.29, 1.82) is 0 Å². The largest absolute Gasteiger partial charge is 0.485 e. The smallest absolute Gasteiger partial charge is 0.407 e. The van der Waals surface area contributed by atoms with E-state index in [9.17, 15) is 18.3 Å². The van der Waals surface area contributed by atoms with Gasteiger partial charge in [-0.05, 0) is 48.6 Å². The molecule has 0 bridgehead atoms. The van der Waals surface area contributed by atoms with Crippen molar-refractivity contribution in [2.45, 2.75) is 88.9 Å². The number of amides is 1. The summed E-state index contributed by atoms with van der Waals surface area (Å²) in [6.07, 6.45) is -2.12. The fourth-order valence-electron chi connectivity index (χ4n) is 6.09. The first kappa shape index (κ1) is 36.8. The maximum Gasteiger partial charge on any atom is 0.407 e. The number of sulfonamides is 1. The minimum atomic E-state index is -4.09. The number of fused-ring (bicyclic) bond motifs is 2. The molecular weight excluding hydrogens is 684 g/mol. The lowest BCUT2D eigenvalue weighted by atomic mass is 9.97. The van der Waals surface area contributed by atoms with E-state index in [4.69, 9.17) is 32.9 Å². The second-order valence-electron chi connectivity index (χ2n) is 14.4. The van der Waals surface area contributed by atoms with Gasteiger partial charge in [-0.2, -0.15) is 9.29 Å². The van der Waals surface area contributed by atoms with Gasteiger partial charge in [0.05, 0.1) is 36.2 Å². The van der Waals surface area contributed by atoms with Gasteiger partial charge in [-0.1, -0.05) is 51.9 Å². The van der Waals surface area contributed by atoms with Crippen molar-refractivity contribution in [3.63, 3.8) is 0 Å². The summed E-state index contributed by atoms with van der Waals surface area (Å²) in [5.41, 5.74) is 0.470. The zero-order valence-corrected chi connectivity index (χ0v) is 30.3. The highest BCUT2D eigenvalue weighted by Crippen LogP contribution is 2.35. The third kappa shape index (κ3) is 8.92. The minimum Gasteiger partial charge on any atom is -0.485 e. The van der Waals surface area contributed by atoms with E-state index in [2.05, 4.69) is 15.5 Å². The number of hydrogen-bond donors (Lipinski definition) is 2. The second-order valence-corrected chi connectivity index (χ2v) is 16.4. The molecule has 3 aromatic rings. The summed E-state index contributed by atoms with van der Waals surface area (Å²) in [6, 6.07) is 10.6. The highest BCUT2D eigenvalue weighted by molar-refractivity contribution is 7.89. The third-order valence-electron chi connectivity index (χ3n) is 8.81. The van der Waals surface area contributed by atoms with E-state index in [0.29, 0.717) is 42.0 Å². The average molecular weight is 731 g/mol. The molecule has 0 saturated carbocycles. The summed E-state index contributed by atoms with van der Waals surface area (Å²) >= 11 is 0. The van der Waals surface area contributed by atoms with E-state index in [0.717, 1.165) is 5.56 Å². The van der Waals surface area contributed by atoms with Crippen LogP contribution < -0.4 is 19.5 Å². The quantitative estimate of drug-likeness (QED) is 0.245. The fourth-order valence-corrected chi connectivity index (χ4v) is 7.73. The average Bonchev–Trinajstić information content (AvgIpc) is 3.89. The molecule has 15 nitrogen and oxygen atoms in total. The maximum absolute atomic E-state index is 13.9. The number of nitrogens with one attached hydrogen (secondary N) is 1. The number of nitrogens with zero attached hydrogens (tertiary/aromatic N) is 3. The molecule has 16 heteroatoms. The monoisotopic (exact) mass is 730 g/mol. The molecule has 3 aliphatic heterocycles. The number of ether oxygens (including phenoxy) is 6. The Bertz CT molecular complexity index is 1760. The Hall–Kier alpha value is -3.96. The second kappa shape index (κ2) is 15.3. The summed E-state index contributed by atoms with van der Waals surface area (Å²) in [4.78, 5) is 17.7. The molecule has 0 aliphatic carbocycles. The topological polar surface area (TPSA) is 181 Å². The number of hydrogen-bond acceptors (Lipinski definition) is 13. The van der Waals surface area contributed by atoms with Crippen molar-refractivity contribution in [2.75, 3.05) is 33.1 Å². The van der Waals surface area contributed by atoms with Crippen LogP contribution >= 0.6 is 0 Å². The van der Waals surface area contributed by atoms with E-state index in [1.54, 1.807) is 30.3 Å². The van der Waals surface area contributed by atoms with Crippen LogP contribution in [0, 0.1) is 11.8 Å².